The lowest BCUT2D eigenvalue weighted by molar-refractivity contribution is 0.187. The first-order valence-corrected chi connectivity index (χ1v) is 7.33. The molecular formula is C15H14N4O2S. The zero-order valence-electron chi connectivity index (χ0n) is 11.8. The highest BCUT2D eigenvalue weighted by Gasteiger charge is 2.06. The van der Waals surface area contributed by atoms with Crippen LogP contribution in [0.25, 0.3) is 5.65 Å². The monoisotopic (exact) mass is 314 g/mol. The highest BCUT2D eigenvalue weighted by atomic mass is 32.2. The molecule has 0 fully saturated rings. The number of anilines is 2. The van der Waals surface area contributed by atoms with Gasteiger partial charge in [-0.3, -0.25) is 5.32 Å². The molecule has 22 heavy (non-hydrogen) atoms. The van der Waals surface area contributed by atoms with E-state index in [0.717, 1.165) is 21.1 Å². The molecule has 3 N–H and O–H groups in total. The average molecular weight is 314 g/mol. The topological polar surface area (TPSA) is 81.6 Å². The number of carbonyl (C=O) groups excluding carboxylic acids is 1. The van der Waals surface area contributed by atoms with Crippen LogP contribution in [0.1, 0.15) is 0 Å². The summed E-state index contributed by atoms with van der Waals surface area (Å²) >= 11 is 1.62. The van der Waals surface area contributed by atoms with E-state index in [9.17, 15) is 4.79 Å². The SMILES string of the molecule is COC(=O)Nc1cn2cc(Sc3ccc(N)cc3)ccc2n1. The average Bonchev–Trinajstić information content (AvgIpc) is 2.91. The van der Waals surface area contributed by atoms with E-state index in [2.05, 4.69) is 15.0 Å². The predicted molar refractivity (Wildman–Crippen MR) is 86.2 cm³/mol. The van der Waals surface area contributed by atoms with Crippen LogP contribution >= 0.6 is 11.8 Å². The lowest BCUT2D eigenvalue weighted by Gasteiger charge is -2.03. The second-order valence-electron chi connectivity index (χ2n) is 4.54. The highest BCUT2D eigenvalue weighted by Crippen LogP contribution is 2.28. The third kappa shape index (κ3) is 3.15. The van der Waals surface area contributed by atoms with E-state index >= 15 is 0 Å². The Bertz CT molecular complexity index is 814. The molecule has 0 aliphatic carbocycles. The Kier molecular flexibility index (Phi) is 3.88. The number of nitrogens with zero attached hydrogens (tertiary/aromatic N) is 2. The van der Waals surface area contributed by atoms with Crippen molar-refractivity contribution >= 4 is 35.0 Å². The summed E-state index contributed by atoms with van der Waals surface area (Å²) in [6.07, 6.45) is 3.14. The van der Waals surface area contributed by atoms with E-state index < -0.39 is 6.09 Å². The van der Waals surface area contributed by atoms with E-state index in [1.165, 1.54) is 7.11 Å². The summed E-state index contributed by atoms with van der Waals surface area (Å²) in [6.45, 7) is 0. The largest absolute Gasteiger partial charge is 0.453 e. The van der Waals surface area contributed by atoms with Gasteiger partial charge < -0.3 is 14.9 Å². The summed E-state index contributed by atoms with van der Waals surface area (Å²) in [5, 5.41) is 2.54. The molecule has 112 valence electrons. The number of nitrogens with one attached hydrogen (secondary N) is 1. The lowest BCUT2D eigenvalue weighted by Crippen LogP contribution is -2.10. The predicted octanol–water partition coefficient (Wildman–Crippen LogP) is 3.25. The number of imidazole rings is 1. The van der Waals surface area contributed by atoms with Crippen LogP contribution in [0.15, 0.2) is 58.6 Å². The number of methoxy groups -OCH3 is 1. The summed E-state index contributed by atoms with van der Waals surface area (Å²) in [6, 6.07) is 11.6. The normalized spacial score (nSPS) is 10.6. The van der Waals surface area contributed by atoms with Crippen molar-refractivity contribution in [2.45, 2.75) is 9.79 Å². The van der Waals surface area contributed by atoms with Crippen molar-refractivity contribution in [3.05, 3.63) is 48.8 Å². The third-order valence-electron chi connectivity index (χ3n) is 2.96. The molecule has 0 bridgehead atoms. The zero-order chi connectivity index (χ0) is 15.5. The Labute approximate surface area is 131 Å². The first kappa shape index (κ1) is 14.3. The number of pyridine rings is 1. The van der Waals surface area contributed by atoms with Gasteiger partial charge in [-0.05, 0) is 36.4 Å². The maximum Gasteiger partial charge on any atom is 0.412 e. The summed E-state index contributed by atoms with van der Waals surface area (Å²) in [5.41, 5.74) is 7.17. The molecule has 0 spiro atoms. The molecule has 3 aromatic rings. The number of aromatic nitrogens is 2. The molecule has 0 radical (unpaired) electrons. The molecule has 0 saturated heterocycles. The molecule has 2 heterocycles. The number of amides is 1. The van der Waals surface area contributed by atoms with Crippen molar-refractivity contribution < 1.29 is 9.53 Å². The van der Waals surface area contributed by atoms with Crippen LogP contribution in [0, 0.1) is 0 Å². The van der Waals surface area contributed by atoms with Gasteiger partial charge in [0, 0.05) is 21.7 Å². The van der Waals surface area contributed by atoms with Crippen molar-refractivity contribution in [3.8, 4) is 0 Å². The number of carbonyl (C=O) groups is 1. The summed E-state index contributed by atoms with van der Waals surface area (Å²) in [7, 11) is 1.31. The van der Waals surface area contributed by atoms with Crippen molar-refractivity contribution in [2.75, 3.05) is 18.2 Å². The van der Waals surface area contributed by atoms with Gasteiger partial charge in [0.15, 0.2) is 5.82 Å². The van der Waals surface area contributed by atoms with Gasteiger partial charge in [0.1, 0.15) is 5.65 Å². The Morgan fingerprint density at radius 3 is 2.64 bits per heavy atom. The minimum Gasteiger partial charge on any atom is -0.453 e. The molecule has 7 heteroatoms. The fourth-order valence-corrected chi connectivity index (χ4v) is 2.77. The molecular weight excluding hydrogens is 300 g/mol. The number of nitrogen functional groups attached to an aromatic ring is 1. The number of fused-ring (bicyclic) bond motifs is 1. The van der Waals surface area contributed by atoms with Crippen LogP contribution in [-0.4, -0.2) is 22.6 Å². The number of rotatable bonds is 3. The van der Waals surface area contributed by atoms with Crippen LogP contribution in [0.2, 0.25) is 0 Å². The smallest absolute Gasteiger partial charge is 0.412 e. The van der Waals surface area contributed by atoms with Gasteiger partial charge in [0.25, 0.3) is 0 Å². The van der Waals surface area contributed by atoms with Gasteiger partial charge in [-0.1, -0.05) is 11.8 Å². The van der Waals surface area contributed by atoms with Crippen LogP contribution in [0.4, 0.5) is 16.3 Å². The van der Waals surface area contributed by atoms with E-state index in [0.29, 0.717) is 5.82 Å². The quantitative estimate of drug-likeness (QED) is 0.725. The molecule has 0 aliphatic rings. The van der Waals surface area contributed by atoms with Gasteiger partial charge in [-0.2, -0.15) is 0 Å². The molecule has 2 aromatic heterocycles. The number of ether oxygens (including phenoxy) is 1. The molecule has 6 nitrogen and oxygen atoms in total. The number of hydrogen-bond acceptors (Lipinski definition) is 5. The Hall–Kier alpha value is -2.67. The highest BCUT2D eigenvalue weighted by molar-refractivity contribution is 7.99. The van der Waals surface area contributed by atoms with Gasteiger partial charge in [0.2, 0.25) is 0 Å². The third-order valence-corrected chi connectivity index (χ3v) is 3.94. The Balaban J connectivity index is 1.83. The number of nitrogens with two attached hydrogens (primary N) is 1. The van der Waals surface area contributed by atoms with E-state index in [1.807, 2.05) is 47.0 Å². The number of hydrogen-bond donors (Lipinski definition) is 2. The van der Waals surface area contributed by atoms with E-state index in [-0.39, 0.29) is 0 Å². The van der Waals surface area contributed by atoms with Crippen molar-refractivity contribution in [1.29, 1.82) is 0 Å². The molecule has 3 rings (SSSR count). The second-order valence-corrected chi connectivity index (χ2v) is 5.69. The van der Waals surface area contributed by atoms with Crippen LogP contribution < -0.4 is 11.1 Å². The van der Waals surface area contributed by atoms with Crippen molar-refractivity contribution in [2.24, 2.45) is 0 Å². The van der Waals surface area contributed by atoms with Gasteiger partial charge in [-0.15, -0.1) is 0 Å². The zero-order valence-corrected chi connectivity index (χ0v) is 12.6. The minimum absolute atomic E-state index is 0.446. The number of benzene rings is 1. The second kappa shape index (κ2) is 5.98. The molecule has 0 unspecified atom stereocenters. The van der Waals surface area contributed by atoms with E-state index in [4.69, 9.17) is 5.73 Å². The van der Waals surface area contributed by atoms with Crippen molar-refractivity contribution in [1.82, 2.24) is 9.38 Å². The standard InChI is InChI=1S/C15H14N4O2S/c1-21-15(20)18-13-9-19-8-12(6-7-14(19)17-13)22-11-4-2-10(16)3-5-11/h2-9H,16H2,1H3,(H,18,20). The molecule has 0 atom stereocenters. The Morgan fingerprint density at radius 1 is 1.18 bits per heavy atom. The van der Waals surface area contributed by atoms with Crippen molar-refractivity contribution in [3.63, 3.8) is 0 Å². The summed E-state index contributed by atoms with van der Waals surface area (Å²) in [5.74, 6) is 0.446. The molecule has 1 amide bonds. The Morgan fingerprint density at radius 2 is 1.91 bits per heavy atom. The fraction of sp³-hybridized carbons (Fsp3) is 0.0667. The lowest BCUT2D eigenvalue weighted by atomic mass is 10.3. The molecule has 0 saturated carbocycles. The van der Waals surface area contributed by atoms with Crippen LogP contribution in [0.5, 0.6) is 0 Å². The van der Waals surface area contributed by atoms with Gasteiger partial charge in [-0.25, -0.2) is 9.78 Å². The van der Waals surface area contributed by atoms with Crippen LogP contribution in [0.3, 0.4) is 0 Å². The maximum atomic E-state index is 11.2. The first-order valence-electron chi connectivity index (χ1n) is 6.51. The first-order chi connectivity index (χ1) is 10.6. The van der Waals surface area contributed by atoms with Crippen LogP contribution in [-0.2, 0) is 4.74 Å². The summed E-state index contributed by atoms with van der Waals surface area (Å²) < 4.78 is 6.40. The fourth-order valence-electron chi connectivity index (χ4n) is 1.92. The maximum absolute atomic E-state index is 11.2. The van der Waals surface area contributed by atoms with Gasteiger partial charge in [0.05, 0.1) is 13.3 Å². The molecule has 0 aliphatic heterocycles. The minimum atomic E-state index is -0.542. The van der Waals surface area contributed by atoms with E-state index in [1.54, 1.807) is 18.0 Å². The summed E-state index contributed by atoms with van der Waals surface area (Å²) in [4.78, 5) is 17.6. The molecule has 1 aromatic carbocycles. The van der Waals surface area contributed by atoms with Gasteiger partial charge >= 0.3 is 6.09 Å².